The molecule has 0 aliphatic heterocycles. The average molecular weight is 373 g/mol. The van der Waals surface area contributed by atoms with Crippen molar-refractivity contribution in [3.05, 3.63) is 47.8 Å². The van der Waals surface area contributed by atoms with Crippen LogP contribution in [-0.2, 0) is 20.7 Å². The molecule has 8 heteroatoms. The van der Waals surface area contributed by atoms with Gasteiger partial charge in [0.15, 0.2) is 11.6 Å². The molecule has 1 aromatic rings. The van der Waals surface area contributed by atoms with E-state index >= 15 is 0 Å². The lowest BCUT2D eigenvalue weighted by molar-refractivity contribution is -0.142. The first kappa shape index (κ1) is 21.5. The van der Waals surface area contributed by atoms with Gasteiger partial charge >= 0.3 is 12.1 Å². The highest BCUT2D eigenvalue weighted by Gasteiger charge is 2.24. The Balaban J connectivity index is 2.92. The van der Waals surface area contributed by atoms with Crippen LogP contribution in [-0.4, -0.2) is 30.3 Å². The molecule has 0 bridgehead atoms. The SMILES string of the molecule is C=CCOC(=O)CC(Cc1cc(F)c(F)cc1F)NC(=O)OC(C)(C)C. The molecule has 1 amide bonds. The molecule has 0 aromatic heterocycles. The predicted octanol–water partition coefficient (Wildman–Crippen LogP) is 3.66. The summed E-state index contributed by atoms with van der Waals surface area (Å²) in [6.45, 7) is 8.32. The first-order chi connectivity index (χ1) is 12.0. The van der Waals surface area contributed by atoms with Gasteiger partial charge in [-0.2, -0.15) is 0 Å². The molecule has 0 radical (unpaired) electrons. The zero-order valence-electron chi connectivity index (χ0n) is 14.9. The number of rotatable bonds is 7. The predicted molar refractivity (Wildman–Crippen MR) is 89.0 cm³/mol. The number of nitrogens with one attached hydrogen (secondary N) is 1. The van der Waals surface area contributed by atoms with E-state index in [9.17, 15) is 22.8 Å². The number of carbonyl (C=O) groups is 2. The van der Waals surface area contributed by atoms with Gasteiger partial charge in [-0.15, -0.1) is 0 Å². The summed E-state index contributed by atoms with van der Waals surface area (Å²) in [5.41, 5.74) is -0.980. The van der Waals surface area contributed by atoms with E-state index in [1.54, 1.807) is 20.8 Å². The number of alkyl carbamates (subject to hydrolysis) is 1. The monoisotopic (exact) mass is 373 g/mol. The van der Waals surface area contributed by atoms with Crippen LogP contribution < -0.4 is 5.32 Å². The van der Waals surface area contributed by atoms with Crippen molar-refractivity contribution in [3.8, 4) is 0 Å². The Labute approximate surface area is 150 Å². The molecule has 0 saturated heterocycles. The van der Waals surface area contributed by atoms with Crippen molar-refractivity contribution in [3.63, 3.8) is 0 Å². The third-order valence-corrected chi connectivity index (χ3v) is 3.05. The van der Waals surface area contributed by atoms with Gasteiger partial charge in [0, 0.05) is 12.1 Å². The molecule has 1 unspecified atom stereocenters. The van der Waals surface area contributed by atoms with Crippen molar-refractivity contribution in [2.45, 2.75) is 45.3 Å². The van der Waals surface area contributed by atoms with E-state index in [0.29, 0.717) is 12.1 Å². The van der Waals surface area contributed by atoms with E-state index in [1.807, 2.05) is 0 Å². The molecule has 144 valence electrons. The molecule has 1 aromatic carbocycles. The number of carbonyl (C=O) groups excluding carboxylic acids is 2. The van der Waals surface area contributed by atoms with Gasteiger partial charge in [0.05, 0.1) is 6.42 Å². The molecule has 5 nitrogen and oxygen atoms in total. The molecule has 0 aliphatic carbocycles. The summed E-state index contributed by atoms with van der Waals surface area (Å²) in [7, 11) is 0. The lowest BCUT2D eigenvalue weighted by Crippen LogP contribution is -2.41. The highest BCUT2D eigenvalue weighted by molar-refractivity contribution is 5.73. The van der Waals surface area contributed by atoms with Crippen molar-refractivity contribution < 1.29 is 32.2 Å². The molecule has 0 saturated carbocycles. The minimum atomic E-state index is -1.33. The van der Waals surface area contributed by atoms with E-state index in [2.05, 4.69) is 11.9 Å². The largest absolute Gasteiger partial charge is 0.461 e. The van der Waals surface area contributed by atoms with Gasteiger partial charge in [-0.1, -0.05) is 12.7 Å². The van der Waals surface area contributed by atoms with Crippen LogP contribution in [0.2, 0.25) is 0 Å². The second kappa shape index (κ2) is 9.26. The average Bonchev–Trinajstić information content (AvgIpc) is 2.48. The Morgan fingerprint density at radius 3 is 2.38 bits per heavy atom. The number of halogens is 3. The Kier molecular flexibility index (Phi) is 7.67. The summed E-state index contributed by atoms with van der Waals surface area (Å²) >= 11 is 0. The number of ether oxygens (including phenoxy) is 2. The molecule has 0 heterocycles. The third kappa shape index (κ3) is 7.58. The zero-order valence-corrected chi connectivity index (χ0v) is 14.9. The number of benzene rings is 1. The zero-order chi connectivity index (χ0) is 19.9. The number of amides is 1. The lowest BCUT2D eigenvalue weighted by Gasteiger charge is -2.23. The van der Waals surface area contributed by atoms with Crippen LogP contribution in [0.3, 0.4) is 0 Å². The van der Waals surface area contributed by atoms with Crippen LogP contribution in [0.4, 0.5) is 18.0 Å². The van der Waals surface area contributed by atoms with Crippen LogP contribution in [0, 0.1) is 17.5 Å². The van der Waals surface area contributed by atoms with Crippen molar-refractivity contribution in [1.82, 2.24) is 5.32 Å². The Hall–Kier alpha value is -2.51. The minimum absolute atomic E-state index is 0.0302. The standard InChI is InChI=1S/C18H22F3NO4/c1-5-6-25-16(23)9-12(22-17(24)26-18(2,3)4)7-11-8-14(20)15(21)10-13(11)19/h5,8,10,12H,1,6-7,9H2,2-4H3,(H,22,24). The van der Waals surface area contributed by atoms with Crippen molar-refractivity contribution in [1.29, 1.82) is 0 Å². The molecule has 0 spiro atoms. The summed E-state index contributed by atoms with van der Waals surface area (Å²) in [4.78, 5) is 23.7. The molecule has 1 rings (SSSR count). The summed E-state index contributed by atoms with van der Waals surface area (Å²) in [5.74, 6) is -4.21. The minimum Gasteiger partial charge on any atom is -0.461 e. The first-order valence-electron chi connectivity index (χ1n) is 7.91. The van der Waals surface area contributed by atoms with Crippen molar-refractivity contribution >= 4 is 12.1 Å². The second-order valence-electron chi connectivity index (χ2n) is 6.58. The normalized spacial score (nSPS) is 12.2. The van der Waals surface area contributed by atoms with E-state index in [0.717, 1.165) is 0 Å². The number of hydrogen-bond acceptors (Lipinski definition) is 4. The molecule has 26 heavy (non-hydrogen) atoms. The maximum Gasteiger partial charge on any atom is 0.407 e. The van der Waals surface area contributed by atoms with E-state index in [-0.39, 0.29) is 25.0 Å². The van der Waals surface area contributed by atoms with Crippen LogP contribution in [0.1, 0.15) is 32.8 Å². The van der Waals surface area contributed by atoms with Crippen LogP contribution >= 0.6 is 0 Å². The highest BCUT2D eigenvalue weighted by Crippen LogP contribution is 2.17. The maximum atomic E-state index is 13.9. The van der Waals surface area contributed by atoms with Gasteiger partial charge in [0.1, 0.15) is 18.0 Å². The van der Waals surface area contributed by atoms with Crippen LogP contribution in [0.5, 0.6) is 0 Å². The van der Waals surface area contributed by atoms with Crippen LogP contribution in [0.15, 0.2) is 24.8 Å². The van der Waals surface area contributed by atoms with E-state index < -0.39 is 41.2 Å². The highest BCUT2D eigenvalue weighted by atomic mass is 19.2. The lowest BCUT2D eigenvalue weighted by atomic mass is 10.0. The molecule has 1 N–H and O–H groups in total. The third-order valence-electron chi connectivity index (χ3n) is 3.05. The fraction of sp³-hybridized carbons (Fsp3) is 0.444. The Morgan fingerprint density at radius 1 is 1.19 bits per heavy atom. The van der Waals surface area contributed by atoms with Gasteiger partial charge in [-0.25, -0.2) is 18.0 Å². The summed E-state index contributed by atoms with van der Waals surface area (Å²) < 4.78 is 50.2. The topological polar surface area (TPSA) is 64.6 Å². The van der Waals surface area contributed by atoms with Crippen molar-refractivity contribution in [2.75, 3.05) is 6.61 Å². The summed E-state index contributed by atoms with van der Waals surface area (Å²) in [6, 6.07) is 0.149. The molecule has 0 aliphatic rings. The van der Waals surface area contributed by atoms with Gasteiger partial charge in [-0.05, 0) is 38.8 Å². The number of esters is 1. The Morgan fingerprint density at radius 2 is 1.81 bits per heavy atom. The quantitative estimate of drug-likeness (QED) is 0.450. The molecular formula is C18H22F3NO4. The fourth-order valence-electron chi connectivity index (χ4n) is 2.05. The van der Waals surface area contributed by atoms with Gasteiger partial charge in [-0.3, -0.25) is 4.79 Å². The summed E-state index contributed by atoms with van der Waals surface area (Å²) in [6.07, 6.45) is -0.0396. The first-order valence-corrected chi connectivity index (χ1v) is 7.91. The number of hydrogen-bond donors (Lipinski definition) is 1. The van der Waals surface area contributed by atoms with Crippen LogP contribution in [0.25, 0.3) is 0 Å². The smallest absolute Gasteiger partial charge is 0.407 e. The Bertz CT molecular complexity index is 671. The summed E-state index contributed by atoms with van der Waals surface area (Å²) in [5, 5.41) is 2.42. The van der Waals surface area contributed by atoms with Gasteiger partial charge < -0.3 is 14.8 Å². The fourth-order valence-corrected chi connectivity index (χ4v) is 2.05. The second-order valence-corrected chi connectivity index (χ2v) is 6.58. The van der Waals surface area contributed by atoms with E-state index in [1.165, 1.54) is 6.08 Å². The van der Waals surface area contributed by atoms with Crippen molar-refractivity contribution in [2.24, 2.45) is 0 Å². The van der Waals surface area contributed by atoms with Gasteiger partial charge in [0.25, 0.3) is 0 Å². The van der Waals surface area contributed by atoms with Gasteiger partial charge in [0.2, 0.25) is 0 Å². The molecular weight excluding hydrogens is 351 g/mol. The molecule has 0 fully saturated rings. The maximum absolute atomic E-state index is 13.9. The molecule has 1 atom stereocenters. The van der Waals surface area contributed by atoms with E-state index in [4.69, 9.17) is 9.47 Å².